The summed E-state index contributed by atoms with van der Waals surface area (Å²) in [6, 6.07) is 19.4. The number of nitrogens with zero attached hydrogens (tertiary/aromatic N) is 1. The predicted molar refractivity (Wildman–Crippen MR) is 127 cm³/mol. The van der Waals surface area contributed by atoms with Crippen LogP contribution in [0.2, 0.25) is 5.02 Å². The minimum atomic E-state index is -3.86. The van der Waals surface area contributed by atoms with Gasteiger partial charge in [0.05, 0.1) is 10.6 Å². The van der Waals surface area contributed by atoms with E-state index in [0.717, 1.165) is 0 Å². The van der Waals surface area contributed by atoms with Crippen molar-refractivity contribution >= 4 is 33.3 Å². The van der Waals surface area contributed by atoms with Gasteiger partial charge in [0.1, 0.15) is 18.1 Å². The molecule has 3 aromatic rings. The lowest BCUT2D eigenvalue weighted by Gasteiger charge is -2.30. The van der Waals surface area contributed by atoms with Crippen molar-refractivity contribution in [1.82, 2.24) is 0 Å². The van der Waals surface area contributed by atoms with Crippen LogP contribution in [-0.4, -0.2) is 32.1 Å². The van der Waals surface area contributed by atoms with Gasteiger partial charge in [-0.25, -0.2) is 13.2 Å². The van der Waals surface area contributed by atoms with E-state index in [1.54, 1.807) is 86.6 Å². The van der Waals surface area contributed by atoms with Crippen molar-refractivity contribution in [3.63, 3.8) is 0 Å². The molecular weight excluding hydrogens is 466 g/mol. The van der Waals surface area contributed by atoms with Gasteiger partial charge in [-0.05, 0) is 55.8 Å². The van der Waals surface area contributed by atoms with Crippen LogP contribution >= 0.6 is 11.6 Å². The number of rotatable bonds is 10. The molecule has 0 atom stereocenters. The van der Waals surface area contributed by atoms with Crippen molar-refractivity contribution in [2.75, 3.05) is 10.9 Å². The molecule has 9 heteroatoms. The number of sulfonamides is 1. The van der Waals surface area contributed by atoms with Gasteiger partial charge in [-0.15, -0.1) is 0 Å². The first-order chi connectivity index (χ1) is 15.7. The highest BCUT2D eigenvalue weighted by atomic mass is 35.5. The van der Waals surface area contributed by atoms with Crippen LogP contribution in [0, 0.1) is 0 Å². The maximum Gasteiger partial charge on any atom is 0.341 e. The molecule has 0 radical (unpaired) electrons. The van der Waals surface area contributed by atoms with Gasteiger partial charge in [-0.3, -0.25) is 4.31 Å². The first kappa shape index (κ1) is 24.4. The summed E-state index contributed by atoms with van der Waals surface area (Å²) >= 11 is 6.19. The molecule has 0 fully saturated rings. The van der Waals surface area contributed by atoms with Gasteiger partial charge in [-0.1, -0.05) is 41.9 Å². The lowest BCUT2D eigenvalue weighted by atomic mass is 10.2. The Kier molecular flexibility index (Phi) is 7.84. The number of anilines is 1. The van der Waals surface area contributed by atoms with E-state index in [-0.39, 0.29) is 11.5 Å². The largest absolute Gasteiger partial charge is 0.487 e. The molecule has 0 aliphatic carbocycles. The summed E-state index contributed by atoms with van der Waals surface area (Å²) in [5.74, 6) is -0.388. The molecule has 33 heavy (non-hydrogen) atoms. The van der Waals surface area contributed by atoms with Crippen molar-refractivity contribution in [1.29, 1.82) is 0 Å². The maximum absolute atomic E-state index is 13.4. The first-order valence-electron chi connectivity index (χ1n) is 10.1. The smallest absolute Gasteiger partial charge is 0.341 e. The van der Waals surface area contributed by atoms with Crippen molar-refractivity contribution in [3.05, 3.63) is 83.4 Å². The lowest BCUT2D eigenvalue weighted by Crippen LogP contribution is -2.37. The Hall–Kier alpha value is -3.23. The molecule has 0 saturated heterocycles. The van der Waals surface area contributed by atoms with Gasteiger partial charge in [0.2, 0.25) is 0 Å². The van der Waals surface area contributed by atoms with Gasteiger partial charge in [0.15, 0.2) is 6.61 Å². The number of carboxylic acid groups (broad SMARTS) is 1. The molecule has 0 unspecified atom stereocenters. The molecule has 0 spiro atoms. The van der Waals surface area contributed by atoms with Crippen LogP contribution < -0.4 is 13.8 Å². The Bertz CT molecular complexity index is 1210. The second-order valence-corrected chi connectivity index (χ2v) is 9.69. The lowest BCUT2D eigenvalue weighted by molar-refractivity contribution is -0.139. The average Bonchev–Trinajstić information content (AvgIpc) is 2.78. The highest BCUT2D eigenvalue weighted by Gasteiger charge is 2.29. The van der Waals surface area contributed by atoms with Gasteiger partial charge in [0.25, 0.3) is 10.0 Å². The highest BCUT2D eigenvalue weighted by Crippen LogP contribution is 2.36. The second-order valence-electron chi connectivity index (χ2n) is 7.44. The fourth-order valence-corrected chi connectivity index (χ4v) is 5.06. The first-order valence-corrected chi connectivity index (χ1v) is 12.0. The zero-order valence-corrected chi connectivity index (χ0v) is 19.7. The molecule has 174 valence electrons. The number of carboxylic acids is 1. The minimum absolute atomic E-state index is 0.0922. The number of ether oxygens (including phenoxy) is 2. The van der Waals surface area contributed by atoms with Crippen LogP contribution in [0.4, 0.5) is 5.69 Å². The Balaban J connectivity index is 1.91. The molecule has 7 nitrogen and oxygen atoms in total. The molecule has 0 aliphatic rings. The highest BCUT2D eigenvalue weighted by molar-refractivity contribution is 7.92. The Morgan fingerprint density at radius 2 is 1.73 bits per heavy atom. The van der Waals surface area contributed by atoms with Crippen LogP contribution in [0.15, 0.2) is 77.7 Å². The Labute approximate surface area is 198 Å². The molecular formula is C24H24ClNO6S. The summed E-state index contributed by atoms with van der Waals surface area (Å²) in [6.45, 7) is 3.20. The number of benzene rings is 3. The van der Waals surface area contributed by atoms with Crippen LogP contribution in [0.3, 0.4) is 0 Å². The molecule has 0 heterocycles. The van der Waals surface area contributed by atoms with Crippen molar-refractivity contribution in [3.8, 4) is 11.5 Å². The van der Waals surface area contributed by atoms with E-state index in [4.69, 9.17) is 26.2 Å². The summed E-state index contributed by atoms with van der Waals surface area (Å²) in [7, 11) is -3.86. The van der Waals surface area contributed by atoms with E-state index in [2.05, 4.69) is 0 Å². The Morgan fingerprint density at radius 1 is 1.00 bits per heavy atom. The summed E-state index contributed by atoms with van der Waals surface area (Å²) < 4.78 is 39.4. The SMILES string of the molecule is CC(C)N(c1ccc(Cl)cc1OCc1cccc(OCC(=O)O)c1)S(=O)(=O)c1ccccc1. The average molecular weight is 490 g/mol. The zero-order valence-electron chi connectivity index (χ0n) is 18.1. The van der Waals surface area contributed by atoms with E-state index >= 15 is 0 Å². The van der Waals surface area contributed by atoms with E-state index < -0.39 is 28.6 Å². The normalized spacial score (nSPS) is 11.3. The van der Waals surface area contributed by atoms with Crippen LogP contribution in [0.25, 0.3) is 0 Å². The molecule has 0 bridgehead atoms. The number of hydrogen-bond donors (Lipinski definition) is 1. The molecule has 3 rings (SSSR count). The van der Waals surface area contributed by atoms with Gasteiger partial charge >= 0.3 is 5.97 Å². The zero-order chi connectivity index (χ0) is 24.0. The van der Waals surface area contributed by atoms with Gasteiger partial charge < -0.3 is 14.6 Å². The van der Waals surface area contributed by atoms with E-state index in [1.807, 2.05) is 0 Å². The van der Waals surface area contributed by atoms with E-state index in [1.165, 1.54) is 4.31 Å². The molecule has 0 aliphatic heterocycles. The molecule has 0 aromatic heterocycles. The maximum atomic E-state index is 13.4. The number of halogens is 1. The number of aliphatic carboxylic acids is 1. The molecule has 0 amide bonds. The summed E-state index contributed by atoms with van der Waals surface area (Å²) in [6.07, 6.45) is 0. The fraction of sp³-hybridized carbons (Fsp3) is 0.208. The van der Waals surface area contributed by atoms with Crippen LogP contribution in [0.1, 0.15) is 19.4 Å². The van der Waals surface area contributed by atoms with Crippen molar-refractivity contribution in [2.45, 2.75) is 31.4 Å². The predicted octanol–water partition coefficient (Wildman–Crippen LogP) is 4.99. The summed E-state index contributed by atoms with van der Waals surface area (Å²) in [5.41, 5.74) is 1.07. The summed E-state index contributed by atoms with van der Waals surface area (Å²) in [4.78, 5) is 10.9. The fourth-order valence-electron chi connectivity index (χ4n) is 3.21. The molecule has 3 aromatic carbocycles. The third-order valence-electron chi connectivity index (χ3n) is 4.58. The Morgan fingerprint density at radius 3 is 2.39 bits per heavy atom. The third kappa shape index (κ3) is 6.18. The van der Waals surface area contributed by atoms with E-state index in [0.29, 0.717) is 27.8 Å². The van der Waals surface area contributed by atoms with Crippen LogP contribution in [-0.2, 0) is 21.4 Å². The molecule has 0 saturated carbocycles. The standard InChI is InChI=1S/C24H24ClNO6S/c1-17(2)26(33(29,30)21-9-4-3-5-10-21)22-12-11-19(25)14-23(22)32-15-18-7-6-8-20(13-18)31-16-24(27)28/h3-14,17H,15-16H2,1-2H3,(H,27,28). The molecule has 1 N–H and O–H groups in total. The van der Waals surface area contributed by atoms with Gasteiger partial charge in [-0.2, -0.15) is 0 Å². The number of hydrogen-bond acceptors (Lipinski definition) is 5. The van der Waals surface area contributed by atoms with Crippen molar-refractivity contribution < 1.29 is 27.8 Å². The topological polar surface area (TPSA) is 93.1 Å². The van der Waals surface area contributed by atoms with E-state index in [9.17, 15) is 13.2 Å². The van der Waals surface area contributed by atoms with Crippen LogP contribution in [0.5, 0.6) is 11.5 Å². The van der Waals surface area contributed by atoms with Gasteiger partial charge in [0, 0.05) is 17.1 Å². The monoisotopic (exact) mass is 489 g/mol. The quantitative estimate of drug-likeness (QED) is 0.431. The third-order valence-corrected chi connectivity index (χ3v) is 6.82. The second kappa shape index (κ2) is 10.6. The van der Waals surface area contributed by atoms with Crippen molar-refractivity contribution in [2.24, 2.45) is 0 Å². The number of carbonyl (C=O) groups is 1. The summed E-state index contributed by atoms with van der Waals surface area (Å²) in [5, 5.41) is 9.18. The minimum Gasteiger partial charge on any atom is -0.487 e.